The maximum atomic E-state index is 12.6. The molecule has 0 radical (unpaired) electrons. The van der Waals surface area contributed by atoms with E-state index >= 15 is 0 Å². The molecular formula is C20H16Cl2N2O2. The summed E-state index contributed by atoms with van der Waals surface area (Å²) in [5.41, 5.74) is 2.05. The van der Waals surface area contributed by atoms with Crippen LogP contribution in [0.15, 0.2) is 65.5 Å². The number of nitrogens with zero attached hydrogens (tertiary/aromatic N) is 1. The van der Waals surface area contributed by atoms with E-state index in [1.165, 1.54) is 4.90 Å². The average Bonchev–Trinajstić information content (AvgIpc) is 2.65. The molecule has 0 fully saturated rings. The molecule has 0 unspecified atom stereocenters. The zero-order valence-electron chi connectivity index (χ0n) is 14.0. The first-order chi connectivity index (χ1) is 12.5. The first-order valence-electron chi connectivity index (χ1n) is 7.94. The highest BCUT2D eigenvalue weighted by molar-refractivity contribution is 6.42. The Kier molecular flexibility index (Phi) is 5.45. The molecule has 0 bridgehead atoms. The lowest BCUT2D eigenvalue weighted by atomic mass is 10.1. The Morgan fingerprint density at radius 1 is 1.00 bits per heavy atom. The van der Waals surface area contributed by atoms with Crippen molar-refractivity contribution in [2.45, 2.75) is 6.54 Å². The predicted molar refractivity (Wildman–Crippen MR) is 105 cm³/mol. The van der Waals surface area contributed by atoms with Gasteiger partial charge in [0.15, 0.2) is 0 Å². The number of pyridine rings is 1. The monoisotopic (exact) mass is 386 g/mol. The van der Waals surface area contributed by atoms with Gasteiger partial charge in [-0.25, -0.2) is 0 Å². The number of H-pyrrole nitrogens is 1. The molecule has 0 saturated heterocycles. The van der Waals surface area contributed by atoms with Gasteiger partial charge in [-0.15, -0.1) is 0 Å². The summed E-state index contributed by atoms with van der Waals surface area (Å²) in [6, 6.07) is 17.9. The van der Waals surface area contributed by atoms with E-state index in [2.05, 4.69) is 4.98 Å². The fraction of sp³-hybridized carbons (Fsp3) is 0.100. The number of aromatic nitrogens is 1. The molecule has 2 aromatic carbocycles. The third-order valence-electron chi connectivity index (χ3n) is 3.98. The van der Waals surface area contributed by atoms with Crippen LogP contribution in [0.2, 0.25) is 10.0 Å². The minimum Gasteiger partial charge on any atom is -0.337 e. The summed E-state index contributed by atoms with van der Waals surface area (Å²) < 4.78 is 0. The van der Waals surface area contributed by atoms with Gasteiger partial charge in [0.25, 0.3) is 11.5 Å². The van der Waals surface area contributed by atoms with E-state index in [1.807, 2.05) is 30.3 Å². The average molecular weight is 387 g/mol. The van der Waals surface area contributed by atoms with E-state index in [0.29, 0.717) is 22.3 Å². The largest absolute Gasteiger partial charge is 0.337 e. The van der Waals surface area contributed by atoms with Crippen molar-refractivity contribution in [3.8, 4) is 11.3 Å². The zero-order valence-corrected chi connectivity index (χ0v) is 15.5. The van der Waals surface area contributed by atoms with E-state index in [4.69, 9.17) is 23.2 Å². The standard InChI is InChI=1S/C20H16Cl2N2O2/c1-24(12-13-7-9-16(21)17(22)11-13)20(26)15-8-10-18(23-19(15)25)14-5-3-2-4-6-14/h2-11H,12H2,1H3,(H,23,25). The van der Waals surface area contributed by atoms with Crippen molar-refractivity contribution in [2.75, 3.05) is 7.05 Å². The molecule has 1 heterocycles. The van der Waals surface area contributed by atoms with Gasteiger partial charge in [0.1, 0.15) is 5.56 Å². The molecule has 1 N–H and O–H groups in total. The van der Waals surface area contributed by atoms with Crippen molar-refractivity contribution in [3.05, 3.63) is 92.2 Å². The summed E-state index contributed by atoms with van der Waals surface area (Å²) in [4.78, 5) is 29.2. The number of amides is 1. The molecule has 0 aliphatic carbocycles. The van der Waals surface area contributed by atoms with Gasteiger partial charge in [0.05, 0.1) is 10.0 Å². The number of rotatable bonds is 4. The maximum Gasteiger partial charge on any atom is 0.261 e. The molecule has 0 spiro atoms. The van der Waals surface area contributed by atoms with Crippen molar-refractivity contribution in [2.24, 2.45) is 0 Å². The first-order valence-corrected chi connectivity index (χ1v) is 8.69. The topological polar surface area (TPSA) is 53.2 Å². The molecule has 6 heteroatoms. The molecule has 0 saturated carbocycles. The Morgan fingerprint density at radius 2 is 1.73 bits per heavy atom. The molecule has 26 heavy (non-hydrogen) atoms. The molecule has 0 aliphatic heterocycles. The Labute approximate surface area is 161 Å². The lowest BCUT2D eigenvalue weighted by Gasteiger charge is -2.17. The zero-order chi connectivity index (χ0) is 18.7. The quantitative estimate of drug-likeness (QED) is 0.710. The number of nitrogens with one attached hydrogen (secondary N) is 1. The minimum atomic E-state index is -0.419. The number of aromatic amines is 1. The third-order valence-corrected chi connectivity index (χ3v) is 4.71. The Balaban J connectivity index is 1.80. The summed E-state index contributed by atoms with van der Waals surface area (Å²) in [6.07, 6.45) is 0. The van der Waals surface area contributed by atoms with Crippen LogP contribution in [0.3, 0.4) is 0 Å². The van der Waals surface area contributed by atoms with Gasteiger partial charge in [-0.3, -0.25) is 9.59 Å². The number of carbonyl (C=O) groups excluding carboxylic acids is 1. The van der Waals surface area contributed by atoms with Crippen LogP contribution in [-0.2, 0) is 6.54 Å². The number of halogens is 2. The second-order valence-electron chi connectivity index (χ2n) is 5.89. The SMILES string of the molecule is CN(Cc1ccc(Cl)c(Cl)c1)C(=O)c1ccc(-c2ccccc2)[nH]c1=O. The van der Waals surface area contributed by atoms with Crippen LogP contribution in [0.5, 0.6) is 0 Å². The van der Waals surface area contributed by atoms with Crippen LogP contribution in [0.4, 0.5) is 0 Å². The summed E-state index contributed by atoms with van der Waals surface area (Å²) in [7, 11) is 1.63. The van der Waals surface area contributed by atoms with Crippen molar-refractivity contribution in [3.63, 3.8) is 0 Å². The van der Waals surface area contributed by atoms with Gasteiger partial charge < -0.3 is 9.88 Å². The molecule has 132 valence electrons. The van der Waals surface area contributed by atoms with Crippen LogP contribution in [0.1, 0.15) is 15.9 Å². The fourth-order valence-electron chi connectivity index (χ4n) is 2.62. The minimum absolute atomic E-state index is 0.0900. The normalized spacial score (nSPS) is 10.6. The van der Waals surface area contributed by atoms with E-state index in [9.17, 15) is 9.59 Å². The fourth-order valence-corrected chi connectivity index (χ4v) is 2.94. The highest BCUT2D eigenvalue weighted by atomic mass is 35.5. The van der Waals surface area contributed by atoms with Crippen LogP contribution in [-0.4, -0.2) is 22.8 Å². The summed E-state index contributed by atoms with van der Waals surface area (Å²) in [6.45, 7) is 0.315. The van der Waals surface area contributed by atoms with Gasteiger partial charge in [0.2, 0.25) is 0 Å². The second-order valence-corrected chi connectivity index (χ2v) is 6.70. The van der Waals surface area contributed by atoms with E-state index in [0.717, 1.165) is 11.1 Å². The lowest BCUT2D eigenvalue weighted by Crippen LogP contribution is -2.31. The summed E-state index contributed by atoms with van der Waals surface area (Å²) in [5, 5.41) is 0.882. The Hall–Kier alpha value is -2.56. The van der Waals surface area contributed by atoms with Crippen LogP contribution in [0.25, 0.3) is 11.3 Å². The van der Waals surface area contributed by atoms with Crippen molar-refractivity contribution in [1.29, 1.82) is 0 Å². The van der Waals surface area contributed by atoms with Gasteiger partial charge in [-0.1, -0.05) is 59.6 Å². The second kappa shape index (κ2) is 7.77. The molecule has 3 aromatic rings. The molecular weight excluding hydrogens is 371 g/mol. The van der Waals surface area contributed by atoms with Gasteiger partial charge in [-0.2, -0.15) is 0 Å². The molecule has 1 amide bonds. The molecule has 3 rings (SSSR count). The summed E-state index contributed by atoms with van der Waals surface area (Å²) in [5.74, 6) is -0.364. The highest BCUT2D eigenvalue weighted by Gasteiger charge is 2.16. The Bertz CT molecular complexity index is 1000. The molecule has 0 atom stereocenters. The van der Waals surface area contributed by atoms with Gasteiger partial charge in [0, 0.05) is 19.3 Å². The number of hydrogen-bond acceptors (Lipinski definition) is 2. The first kappa shape index (κ1) is 18.2. The molecule has 4 nitrogen and oxygen atoms in total. The summed E-state index contributed by atoms with van der Waals surface area (Å²) >= 11 is 11.9. The molecule has 0 aliphatic rings. The smallest absolute Gasteiger partial charge is 0.261 e. The lowest BCUT2D eigenvalue weighted by molar-refractivity contribution is 0.0783. The van der Waals surface area contributed by atoms with Crippen molar-refractivity contribution < 1.29 is 4.79 Å². The van der Waals surface area contributed by atoms with E-state index in [-0.39, 0.29) is 11.5 Å². The van der Waals surface area contributed by atoms with Crippen LogP contribution < -0.4 is 5.56 Å². The van der Waals surface area contributed by atoms with Gasteiger partial charge in [-0.05, 0) is 35.4 Å². The molecule has 1 aromatic heterocycles. The van der Waals surface area contributed by atoms with Crippen molar-refractivity contribution in [1.82, 2.24) is 9.88 Å². The number of benzene rings is 2. The number of hydrogen-bond donors (Lipinski definition) is 1. The van der Waals surface area contributed by atoms with Crippen molar-refractivity contribution >= 4 is 29.1 Å². The number of carbonyl (C=O) groups is 1. The Morgan fingerprint density at radius 3 is 2.38 bits per heavy atom. The highest BCUT2D eigenvalue weighted by Crippen LogP contribution is 2.23. The van der Waals surface area contributed by atoms with E-state index < -0.39 is 5.56 Å². The predicted octanol–water partition coefficient (Wildman–Crippen LogP) is 4.62. The van der Waals surface area contributed by atoms with Crippen LogP contribution in [0, 0.1) is 0 Å². The third kappa shape index (κ3) is 3.98. The van der Waals surface area contributed by atoms with E-state index in [1.54, 1.807) is 37.4 Å². The maximum absolute atomic E-state index is 12.6. The van der Waals surface area contributed by atoms with Crippen LogP contribution >= 0.6 is 23.2 Å². The van der Waals surface area contributed by atoms with Gasteiger partial charge >= 0.3 is 0 Å².